The van der Waals surface area contributed by atoms with E-state index in [2.05, 4.69) is 9.59 Å². The zero-order chi connectivity index (χ0) is 9.97. The van der Waals surface area contributed by atoms with E-state index in [-0.39, 0.29) is 5.78 Å². The SMILES string of the molecule is CCc1nnsc1C(=O)c1ccco1. The van der Waals surface area contributed by atoms with Gasteiger partial charge in [-0.2, -0.15) is 0 Å². The van der Waals surface area contributed by atoms with Crippen molar-refractivity contribution in [2.45, 2.75) is 13.3 Å². The molecule has 0 aliphatic heterocycles. The van der Waals surface area contributed by atoms with Gasteiger partial charge in [0.15, 0.2) is 5.76 Å². The number of rotatable bonds is 3. The van der Waals surface area contributed by atoms with E-state index in [9.17, 15) is 4.79 Å². The van der Waals surface area contributed by atoms with Crippen LogP contribution in [0.4, 0.5) is 0 Å². The summed E-state index contributed by atoms with van der Waals surface area (Å²) in [5.41, 5.74) is 0.733. The second kappa shape index (κ2) is 3.71. The van der Waals surface area contributed by atoms with Gasteiger partial charge in [-0.3, -0.25) is 4.79 Å². The minimum absolute atomic E-state index is 0.137. The molecule has 4 nitrogen and oxygen atoms in total. The van der Waals surface area contributed by atoms with Gasteiger partial charge >= 0.3 is 0 Å². The third-order valence-corrected chi connectivity index (χ3v) is 2.61. The molecule has 2 aromatic heterocycles. The van der Waals surface area contributed by atoms with Gasteiger partial charge in [-0.1, -0.05) is 11.4 Å². The summed E-state index contributed by atoms with van der Waals surface area (Å²) in [6.45, 7) is 1.94. The largest absolute Gasteiger partial charge is 0.461 e. The van der Waals surface area contributed by atoms with E-state index in [1.807, 2.05) is 6.92 Å². The molecule has 2 heterocycles. The van der Waals surface area contributed by atoms with Crippen LogP contribution in [-0.2, 0) is 6.42 Å². The van der Waals surface area contributed by atoms with E-state index in [0.29, 0.717) is 17.1 Å². The summed E-state index contributed by atoms with van der Waals surface area (Å²) in [6.07, 6.45) is 2.19. The Hall–Kier alpha value is -1.49. The van der Waals surface area contributed by atoms with Crippen molar-refractivity contribution in [3.63, 3.8) is 0 Å². The first kappa shape index (κ1) is 9.08. The number of aromatic nitrogens is 2. The Morgan fingerprint density at radius 3 is 3.14 bits per heavy atom. The highest BCUT2D eigenvalue weighted by Crippen LogP contribution is 2.16. The molecule has 0 radical (unpaired) electrons. The Balaban J connectivity index is 2.36. The van der Waals surface area contributed by atoms with E-state index in [1.165, 1.54) is 6.26 Å². The molecule has 0 aliphatic rings. The highest BCUT2D eigenvalue weighted by molar-refractivity contribution is 7.08. The molecule has 0 aromatic carbocycles. The van der Waals surface area contributed by atoms with Gasteiger partial charge in [-0.25, -0.2) is 0 Å². The van der Waals surface area contributed by atoms with Crippen LogP contribution in [0.25, 0.3) is 0 Å². The molecular formula is C9H8N2O2S. The van der Waals surface area contributed by atoms with Crippen LogP contribution in [0, 0.1) is 0 Å². The molecule has 0 atom stereocenters. The Kier molecular flexibility index (Phi) is 2.41. The van der Waals surface area contributed by atoms with Crippen LogP contribution in [0.3, 0.4) is 0 Å². The first-order valence-electron chi connectivity index (χ1n) is 4.22. The van der Waals surface area contributed by atoms with E-state index in [1.54, 1.807) is 12.1 Å². The van der Waals surface area contributed by atoms with Gasteiger partial charge in [0, 0.05) is 0 Å². The maximum absolute atomic E-state index is 11.8. The number of nitrogens with zero attached hydrogens (tertiary/aromatic N) is 2. The van der Waals surface area contributed by atoms with Crippen molar-refractivity contribution in [2.75, 3.05) is 0 Å². The molecule has 0 saturated carbocycles. The fourth-order valence-corrected chi connectivity index (χ4v) is 1.83. The van der Waals surface area contributed by atoms with Crippen molar-refractivity contribution in [2.24, 2.45) is 0 Å². The number of carbonyl (C=O) groups is 1. The lowest BCUT2D eigenvalue weighted by Gasteiger charge is -1.93. The van der Waals surface area contributed by atoms with Gasteiger partial charge in [0.25, 0.3) is 0 Å². The zero-order valence-electron chi connectivity index (χ0n) is 7.56. The van der Waals surface area contributed by atoms with Crippen LogP contribution in [0.5, 0.6) is 0 Å². The predicted molar refractivity (Wildman–Crippen MR) is 51.4 cm³/mol. The molecule has 0 spiro atoms. The Morgan fingerprint density at radius 1 is 1.64 bits per heavy atom. The number of carbonyl (C=O) groups excluding carboxylic acids is 1. The number of aryl methyl sites for hydroxylation is 1. The number of ketones is 1. The summed E-state index contributed by atoms with van der Waals surface area (Å²) in [5, 5.41) is 3.87. The molecule has 0 bridgehead atoms. The van der Waals surface area contributed by atoms with Gasteiger partial charge in [0.1, 0.15) is 4.88 Å². The van der Waals surface area contributed by atoms with Crippen LogP contribution >= 0.6 is 11.5 Å². The van der Waals surface area contributed by atoms with E-state index in [0.717, 1.165) is 17.2 Å². The van der Waals surface area contributed by atoms with E-state index in [4.69, 9.17) is 4.42 Å². The van der Waals surface area contributed by atoms with Gasteiger partial charge in [-0.15, -0.1) is 5.10 Å². The van der Waals surface area contributed by atoms with Crippen LogP contribution in [0.1, 0.15) is 28.0 Å². The first-order chi connectivity index (χ1) is 6.83. The second-order valence-corrected chi connectivity index (χ2v) is 3.46. The molecule has 14 heavy (non-hydrogen) atoms. The maximum Gasteiger partial charge on any atom is 0.241 e. The number of hydrogen-bond acceptors (Lipinski definition) is 5. The van der Waals surface area contributed by atoms with Crippen molar-refractivity contribution in [3.05, 3.63) is 34.7 Å². The topological polar surface area (TPSA) is 56.0 Å². The Bertz CT molecular complexity index is 433. The highest BCUT2D eigenvalue weighted by Gasteiger charge is 2.18. The molecular weight excluding hydrogens is 200 g/mol. The smallest absolute Gasteiger partial charge is 0.241 e. The molecule has 72 valence electrons. The molecule has 0 aliphatic carbocycles. The summed E-state index contributed by atoms with van der Waals surface area (Å²) in [4.78, 5) is 12.4. The van der Waals surface area contributed by atoms with Crippen LogP contribution < -0.4 is 0 Å². The summed E-state index contributed by atoms with van der Waals surface area (Å²) in [7, 11) is 0. The minimum Gasteiger partial charge on any atom is -0.461 e. The van der Waals surface area contributed by atoms with Gasteiger partial charge in [0.05, 0.1) is 12.0 Å². The molecule has 0 unspecified atom stereocenters. The quantitative estimate of drug-likeness (QED) is 0.723. The third-order valence-electron chi connectivity index (χ3n) is 1.84. The van der Waals surface area contributed by atoms with E-state index >= 15 is 0 Å². The highest BCUT2D eigenvalue weighted by atomic mass is 32.1. The molecule has 5 heteroatoms. The Labute approximate surface area is 84.7 Å². The summed E-state index contributed by atoms with van der Waals surface area (Å²) >= 11 is 1.11. The summed E-state index contributed by atoms with van der Waals surface area (Å²) in [5.74, 6) is 0.201. The Morgan fingerprint density at radius 2 is 2.50 bits per heavy atom. The predicted octanol–water partition coefficient (Wildman–Crippen LogP) is 1.92. The molecule has 0 amide bonds. The summed E-state index contributed by atoms with van der Waals surface area (Å²) in [6, 6.07) is 3.33. The molecule has 2 aromatic rings. The summed E-state index contributed by atoms with van der Waals surface area (Å²) < 4.78 is 8.77. The van der Waals surface area contributed by atoms with Crippen LogP contribution in [0.2, 0.25) is 0 Å². The van der Waals surface area contributed by atoms with Crippen LogP contribution in [-0.4, -0.2) is 15.4 Å². The van der Waals surface area contributed by atoms with Crippen LogP contribution in [0.15, 0.2) is 22.8 Å². The molecule has 0 fully saturated rings. The fraction of sp³-hybridized carbons (Fsp3) is 0.222. The van der Waals surface area contributed by atoms with Gasteiger partial charge < -0.3 is 4.42 Å². The maximum atomic E-state index is 11.8. The van der Waals surface area contributed by atoms with Crippen molar-refractivity contribution in [3.8, 4) is 0 Å². The molecule has 0 N–H and O–H groups in total. The fourth-order valence-electron chi connectivity index (χ4n) is 1.13. The minimum atomic E-state index is -0.137. The average molecular weight is 208 g/mol. The molecule has 2 rings (SSSR count). The zero-order valence-corrected chi connectivity index (χ0v) is 8.37. The van der Waals surface area contributed by atoms with Crippen molar-refractivity contribution >= 4 is 17.3 Å². The van der Waals surface area contributed by atoms with E-state index < -0.39 is 0 Å². The normalized spacial score (nSPS) is 10.4. The lowest BCUT2D eigenvalue weighted by molar-refractivity contribution is 0.101. The number of hydrogen-bond donors (Lipinski definition) is 0. The van der Waals surface area contributed by atoms with Crippen molar-refractivity contribution in [1.29, 1.82) is 0 Å². The lowest BCUT2D eigenvalue weighted by atomic mass is 10.2. The van der Waals surface area contributed by atoms with Crippen molar-refractivity contribution < 1.29 is 9.21 Å². The lowest BCUT2D eigenvalue weighted by Crippen LogP contribution is -2.00. The van der Waals surface area contributed by atoms with Gasteiger partial charge in [0.2, 0.25) is 5.78 Å². The monoisotopic (exact) mass is 208 g/mol. The second-order valence-electron chi connectivity index (χ2n) is 2.71. The average Bonchev–Trinajstić information content (AvgIpc) is 2.87. The van der Waals surface area contributed by atoms with Gasteiger partial charge in [-0.05, 0) is 30.1 Å². The third kappa shape index (κ3) is 1.46. The first-order valence-corrected chi connectivity index (χ1v) is 4.99. The number of furan rings is 1. The van der Waals surface area contributed by atoms with Crippen molar-refractivity contribution in [1.82, 2.24) is 9.59 Å². The standard InChI is InChI=1S/C9H8N2O2S/c1-2-6-9(14-11-10-6)8(12)7-4-3-5-13-7/h3-5H,2H2,1H3. The molecule has 0 saturated heterocycles.